The summed E-state index contributed by atoms with van der Waals surface area (Å²) in [6.07, 6.45) is 0. The predicted octanol–water partition coefficient (Wildman–Crippen LogP) is 0.685. The van der Waals surface area contributed by atoms with Crippen molar-refractivity contribution < 1.29 is 17.5 Å². The third-order valence-corrected chi connectivity index (χ3v) is 0. The van der Waals surface area contributed by atoms with Gasteiger partial charge in [0.05, 0.1) is 0 Å². The van der Waals surface area contributed by atoms with Gasteiger partial charge < -0.3 is 0 Å². The molecule has 0 aromatic carbocycles. The summed E-state index contributed by atoms with van der Waals surface area (Å²) >= 11 is 14.4. The summed E-state index contributed by atoms with van der Waals surface area (Å²) in [4.78, 5) is 0. The van der Waals surface area contributed by atoms with Crippen LogP contribution in [0.15, 0.2) is 0 Å². The van der Waals surface area contributed by atoms with Gasteiger partial charge in [-0.1, -0.05) is 34.8 Å². The molecule has 0 fully saturated rings. The molecular formula is CH4Cl3NaO4S. The molecule has 0 aliphatic carbocycles. The van der Waals surface area contributed by atoms with E-state index >= 15 is 0 Å². The van der Waals surface area contributed by atoms with Crippen LogP contribution in [0.1, 0.15) is 0 Å². The van der Waals surface area contributed by atoms with Crippen molar-refractivity contribution in [1.82, 2.24) is 0 Å². The van der Waals surface area contributed by atoms with Crippen LogP contribution in [0.2, 0.25) is 0 Å². The van der Waals surface area contributed by atoms with Gasteiger partial charge in [0.2, 0.25) is 0 Å². The minimum absolute atomic E-state index is 0. The average Bonchev–Trinajstić information content (AvgIpc) is 1.19. The first kappa shape index (κ1) is 17.7. The van der Waals surface area contributed by atoms with E-state index < -0.39 is 14.7 Å². The molecule has 0 aliphatic heterocycles. The Bertz CT molecular complexity index is 132. The van der Waals surface area contributed by atoms with Crippen LogP contribution >= 0.6 is 34.8 Å². The van der Waals surface area contributed by atoms with Gasteiger partial charge in [0.25, 0.3) is 0 Å². The van der Waals surface area contributed by atoms with Crippen LogP contribution in [0.5, 0.6) is 0 Å². The summed E-state index contributed by atoms with van der Waals surface area (Å²) in [6, 6.07) is 0. The normalized spacial score (nSPS) is 9.40. The molecule has 0 unspecified atom stereocenters. The van der Waals surface area contributed by atoms with E-state index in [4.69, 9.17) is 52.3 Å². The van der Waals surface area contributed by atoms with Crippen molar-refractivity contribution in [3.8, 4) is 0 Å². The number of alkyl halides is 3. The first-order chi connectivity index (χ1) is 3.73. The summed E-state index contributed by atoms with van der Waals surface area (Å²) in [6.45, 7) is 0. The quantitative estimate of drug-likeness (QED) is 0.372. The minimum atomic E-state index is -4.67. The zero-order valence-corrected chi connectivity index (χ0v) is 6.91. The Hall–Kier alpha value is 1.74. The first-order valence-electron chi connectivity index (χ1n) is 1.35. The van der Waals surface area contributed by atoms with Crippen molar-refractivity contribution in [3.63, 3.8) is 0 Å². The molecule has 0 rings (SSSR count). The van der Waals surface area contributed by atoms with Gasteiger partial charge in [0, 0.05) is 0 Å². The Labute approximate surface area is 95.7 Å². The fourth-order valence-electron chi connectivity index (χ4n) is 0. The van der Waals surface area contributed by atoms with Crippen molar-refractivity contribution in [2.24, 2.45) is 0 Å². The summed E-state index contributed by atoms with van der Waals surface area (Å²) in [5.74, 6) is 0. The molecule has 0 heterocycles. The second-order valence-corrected chi connectivity index (χ2v) is 3.57. The number of rotatable bonds is 0. The Morgan fingerprint density at radius 3 is 1.10 bits per heavy atom. The molecule has 0 aromatic heterocycles. The zero-order chi connectivity index (χ0) is 8.08. The standard InChI is InChI=1S/CHCl3.Na.H2O4S.H/c2-1(3)4;;1-5(2,3)4;/h1H;;(H2,1,2,3,4);. The average molecular weight is 241 g/mol. The fourth-order valence-corrected chi connectivity index (χ4v) is 0. The molecule has 0 atom stereocenters. The van der Waals surface area contributed by atoms with E-state index in [0.29, 0.717) is 0 Å². The van der Waals surface area contributed by atoms with Crippen molar-refractivity contribution in [2.45, 2.75) is 4.30 Å². The summed E-state index contributed by atoms with van der Waals surface area (Å²) in [5.41, 5.74) is 0. The monoisotopic (exact) mass is 240 g/mol. The molecular weight excluding hydrogens is 237 g/mol. The second kappa shape index (κ2) is 8.83. The SMILES string of the molecule is ClC(Cl)Cl.O=S(=O)(O)O.[NaH]. The van der Waals surface area contributed by atoms with Crippen molar-refractivity contribution >= 4 is 74.8 Å². The van der Waals surface area contributed by atoms with E-state index in [9.17, 15) is 0 Å². The van der Waals surface area contributed by atoms with E-state index in [1.807, 2.05) is 0 Å². The Morgan fingerprint density at radius 1 is 1.10 bits per heavy atom. The third-order valence-electron chi connectivity index (χ3n) is 0. The van der Waals surface area contributed by atoms with E-state index in [0.717, 1.165) is 0 Å². The van der Waals surface area contributed by atoms with Crippen LogP contribution < -0.4 is 0 Å². The summed E-state index contributed by atoms with van der Waals surface area (Å²) in [7, 11) is -4.67. The van der Waals surface area contributed by atoms with E-state index in [-0.39, 0.29) is 29.6 Å². The molecule has 0 amide bonds. The summed E-state index contributed by atoms with van der Waals surface area (Å²) < 4.78 is 30.8. The Kier molecular flexibility index (Phi) is 15.7. The molecule has 0 radical (unpaired) electrons. The van der Waals surface area contributed by atoms with E-state index in [1.165, 1.54) is 0 Å². The molecule has 0 aromatic rings. The molecule has 0 aliphatic rings. The molecule has 60 valence electrons. The van der Waals surface area contributed by atoms with Crippen LogP contribution in [-0.2, 0) is 10.4 Å². The zero-order valence-electron chi connectivity index (χ0n) is 3.83. The van der Waals surface area contributed by atoms with Crippen LogP contribution in [0, 0.1) is 0 Å². The number of halogens is 3. The number of hydrogen-bond donors (Lipinski definition) is 2. The summed E-state index contributed by atoms with van der Waals surface area (Å²) in [5, 5.41) is 0. The van der Waals surface area contributed by atoms with Gasteiger partial charge in [-0.3, -0.25) is 9.11 Å². The van der Waals surface area contributed by atoms with E-state index in [2.05, 4.69) is 0 Å². The van der Waals surface area contributed by atoms with Gasteiger partial charge in [0.1, 0.15) is 0 Å². The van der Waals surface area contributed by atoms with Gasteiger partial charge in [-0.2, -0.15) is 8.42 Å². The van der Waals surface area contributed by atoms with Crippen LogP contribution in [-0.4, -0.2) is 51.4 Å². The molecule has 0 spiro atoms. The Balaban J connectivity index is -0.0000000910. The fraction of sp³-hybridized carbons (Fsp3) is 1.00. The van der Waals surface area contributed by atoms with Crippen molar-refractivity contribution in [1.29, 1.82) is 0 Å². The number of hydrogen-bond acceptors (Lipinski definition) is 2. The Morgan fingerprint density at radius 2 is 1.10 bits per heavy atom. The molecule has 10 heavy (non-hydrogen) atoms. The van der Waals surface area contributed by atoms with Gasteiger partial charge in [-0.25, -0.2) is 0 Å². The molecule has 9 heteroatoms. The second-order valence-electron chi connectivity index (χ2n) is 0.695. The van der Waals surface area contributed by atoms with Crippen molar-refractivity contribution in [2.75, 3.05) is 0 Å². The molecule has 0 bridgehead atoms. The molecule has 0 saturated heterocycles. The van der Waals surface area contributed by atoms with Crippen LogP contribution in [0.3, 0.4) is 0 Å². The van der Waals surface area contributed by atoms with E-state index in [1.54, 1.807) is 0 Å². The van der Waals surface area contributed by atoms with Crippen LogP contribution in [0.25, 0.3) is 0 Å². The molecule has 0 saturated carbocycles. The first-order valence-corrected chi connectivity index (χ1v) is 4.06. The maximum absolute atomic E-state index is 8.74. The van der Waals surface area contributed by atoms with Crippen molar-refractivity contribution in [3.05, 3.63) is 0 Å². The van der Waals surface area contributed by atoms with Gasteiger partial charge in [0.15, 0.2) is 4.30 Å². The predicted molar refractivity (Wildman–Crippen MR) is 42.7 cm³/mol. The van der Waals surface area contributed by atoms with Gasteiger partial charge in [-0.15, -0.1) is 0 Å². The van der Waals surface area contributed by atoms with Gasteiger partial charge in [-0.05, 0) is 0 Å². The third kappa shape index (κ3) is 246. The topological polar surface area (TPSA) is 74.6 Å². The van der Waals surface area contributed by atoms with Crippen LogP contribution in [0.4, 0.5) is 0 Å². The van der Waals surface area contributed by atoms with Gasteiger partial charge >= 0.3 is 40.0 Å². The maximum atomic E-state index is 8.74. The molecule has 4 nitrogen and oxygen atoms in total. The molecule has 2 N–H and O–H groups in total.